The number of carboxylic acids is 1. The van der Waals surface area contributed by atoms with Crippen LogP contribution in [0.2, 0.25) is 0 Å². The number of aromatic nitrogens is 2. The van der Waals surface area contributed by atoms with Gasteiger partial charge >= 0.3 is 11.7 Å². The Bertz CT molecular complexity index is 796. The summed E-state index contributed by atoms with van der Waals surface area (Å²) in [5.74, 6) is -0.488. The van der Waals surface area contributed by atoms with Crippen LogP contribution in [-0.4, -0.2) is 26.4 Å². The van der Waals surface area contributed by atoms with Gasteiger partial charge in [0, 0.05) is 6.21 Å². The Balaban J connectivity index is 2.29. The Morgan fingerprint density at radius 2 is 2.00 bits per heavy atom. The van der Waals surface area contributed by atoms with E-state index in [-0.39, 0.29) is 12.2 Å². The zero-order valence-corrected chi connectivity index (χ0v) is 10.7. The standard InChI is InChI=1S/C14H13N3O3/c18-13(19)9-16-10-5-1-2-6-11(10)17(14(16)20)12-7-3-4-8-15-12/h1-2,5-8H,3-4,9H2,(H,18,19). The van der Waals surface area contributed by atoms with Crippen LogP contribution in [0.3, 0.4) is 0 Å². The first-order chi connectivity index (χ1) is 9.68. The third-order valence-corrected chi connectivity index (χ3v) is 3.20. The number of nitrogens with zero attached hydrogens (tertiary/aromatic N) is 3. The van der Waals surface area contributed by atoms with Crippen LogP contribution >= 0.6 is 0 Å². The average molecular weight is 271 g/mol. The molecule has 0 saturated heterocycles. The predicted molar refractivity (Wildman–Crippen MR) is 75.8 cm³/mol. The molecule has 6 nitrogen and oxygen atoms in total. The van der Waals surface area contributed by atoms with Crippen LogP contribution in [0.25, 0.3) is 16.9 Å². The number of carbonyl (C=O) groups is 1. The van der Waals surface area contributed by atoms with Gasteiger partial charge in [0.05, 0.1) is 11.0 Å². The molecule has 2 heterocycles. The van der Waals surface area contributed by atoms with Crippen molar-refractivity contribution in [3.63, 3.8) is 0 Å². The molecule has 2 aromatic rings. The fraction of sp³-hybridized carbons (Fsp3) is 0.214. The number of benzene rings is 1. The first-order valence-electron chi connectivity index (χ1n) is 6.33. The smallest absolute Gasteiger partial charge is 0.335 e. The third-order valence-electron chi connectivity index (χ3n) is 3.20. The quantitative estimate of drug-likeness (QED) is 0.920. The van der Waals surface area contributed by atoms with Crippen molar-refractivity contribution in [1.82, 2.24) is 9.13 Å². The lowest BCUT2D eigenvalue weighted by Crippen LogP contribution is -2.26. The van der Waals surface area contributed by atoms with Gasteiger partial charge < -0.3 is 5.11 Å². The fourth-order valence-electron chi connectivity index (χ4n) is 2.36. The lowest BCUT2D eigenvalue weighted by atomic mass is 10.2. The minimum Gasteiger partial charge on any atom is -0.480 e. The van der Waals surface area contributed by atoms with Gasteiger partial charge in [0.25, 0.3) is 0 Å². The van der Waals surface area contributed by atoms with E-state index in [2.05, 4.69) is 4.99 Å². The SMILES string of the molecule is O=C(O)Cn1c(=O)n(C2=CCCC=N2)c2ccccc21. The van der Waals surface area contributed by atoms with Gasteiger partial charge in [-0.1, -0.05) is 12.1 Å². The van der Waals surface area contributed by atoms with Gasteiger partial charge in [-0.25, -0.2) is 14.4 Å². The molecule has 1 N–H and O–H groups in total. The van der Waals surface area contributed by atoms with Gasteiger partial charge in [-0.05, 0) is 31.1 Å². The van der Waals surface area contributed by atoms with E-state index in [9.17, 15) is 9.59 Å². The van der Waals surface area contributed by atoms with Crippen LogP contribution < -0.4 is 5.69 Å². The maximum atomic E-state index is 12.5. The number of rotatable bonds is 3. The molecule has 0 bridgehead atoms. The molecule has 102 valence electrons. The number of aliphatic carboxylic acids is 1. The number of fused-ring (bicyclic) bond motifs is 1. The topological polar surface area (TPSA) is 76.6 Å². The maximum absolute atomic E-state index is 12.5. The molecule has 1 aliphatic heterocycles. The molecule has 6 heteroatoms. The predicted octanol–water partition coefficient (Wildman–Crippen LogP) is 1.55. The van der Waals surface area contributed by atoms with Crippen LogP contribution in [-0.2, 0) is 11.3 Å². The second-order valence-electron chi connectivity index (χ2n) is 4.54. The van der Waals surface area contributed by atoms with Crippen molar-refractivity contribution in [2.24, 2.45) is 4.99 Å². The molecule has 0 amide bonds. The summed E-state index contributed by atoms with van der Waals surface area (Å²) >= 11 is 0. The van der Waals surface area contributed by atoms with Crippen molar-refractivity contribution < 1.29 is 9.90 Å². The summed E-state index contributed by atoms with van der Waals surface area (Å²) in [4.78, 5) is 27.6. The number of aliphatic imine (C=N–C) groups is 1. The molecule has 0 spiro atoms. The number of allylic oxidation sites excluding steroid dienone is 1. The average Bonchev–Trinajstić information content (AvgIpc) is 2.72. The van der Waals surface area contributed by atoms with Crippen molar-refractivity contribution in [1.29, 1.82) is 0 Å². The summed E-state index contributed by atoms with van der Waals surface area (Å²) in [5.41, 5.74) is 0.893. The van der Waals surface area contributed by atoms with Crippen LogP contribution in [0, 0.1) is 0 Å². The minimum atomic E-state index is -1.05. The van der Waals surface area contributed by atoms with Gasteiger partial charge in [-0.15, -0.1) is 0 Å². The van der Waals surface area contributed by atoms with Crippen LogP contribution in [0.4, 0.5) is 0 Å². The molecule has 1 aromatic carbocycles. The Kier molecular flexibility index (Phi) is 2.98. The first kappa shape index (κ1) is 12.4. The number of carboxylic acid groups (broad SMARTS) is 1. The highest BCUT2D eigenvalue weighted by Crippen LogP contribution is 2.19. The third kappa shape index (κ3) is 1.95. The fourth-order valence-corrected chi connectivity index (χ4v) is 2.36. The van der Waals surface area contributed by atoms with Crippen molar-refractivity contribution in [2.75, 3.05) is 0 Å². The van der Waals surface area contributed by atoms with Gasteiger partial charge in [0.2, 0.25) is 0 Å². The van der Waals surface area contributed by atoms with Gasteiger partial charge in [0.15, 0.2) is 0 Å². The highest BCUT2D eigenvalue weighted by Gasteiger charge is 2.17. The Hall–Kier alpha value is -2.63. The lowest BCUT2D eigenvalue weighted by molar-refractivity contribution is -0.137. The maximum Gasteiger partial charge on any atom is 0.335 e. The highest BCUT2D eigenvalue weighted by molar-refractivity contribution is 5.82. The summed E-state index contributed by atoms with van der Waals surface area (Å²) in [6, 6.07) is 7.13. The van der Waals surface area contributed by atoms with E-state index in [1.54, 1.807) is 24.4 Å². The highest BCUT2D eigenvalue weighted by atomic mass is 16.4. The molecule has 0 saturated carbocycles. The monoisotopic (exact) mass is 271 g/mol. The van der Waals surface area contributed by atoms with E-state index in [1.807, 2.05) is 12.1 Å². The number of para-hydroxylation sites is 2. The summed E-state index contributed by atoms with van der Waals surface area (Å²) < 4.78 is 2.72. The van der Waals surface area contributed by atoms with Crippen LogP contribution in [0.1, 0.15) is 12.8 Å². The zero-order valence-electron chi connectivity index (χ0n) is 10.7. The van der Waals surface area contributed by atoms with Crippen molar-refractivity contribution in [3.05, 3.63) is 40.8 Å². The Labute approximate surface area is 114 Å². The van der Waals surface area contributed by atoms with Crippen molar-refractivity contribution in [3.8, 4) is 0 Å². The summed E-state index contributed by atoms with van der Waals surface area (Å²) in [6.45, 7) is -0.358. The van der Waals surface area contributed by atoms with Gasteiger partial charge in [-0.2, -0.15) is 0 Å². The molecule has 0 unspecified atom stereocenters. The molecule has 20 heavy (non-hydrogen) atoms. The Morgan fingerprint density at radius 3 is 2.65 bits per heavy atom. The second-order valence-corrected chi connectivity index (χ2v) is 4.54. The minimum absolute atomic E-state index is 0.358. The van der Waals surface area contributed by atoms with E-state index < -0.39 is 5.97 Å². The molecule has 0 fully saturated rings. The lowest BCUT2D eigenvalue weighted by Gasteiger charge is -2.06. The van der Waals surface area contributed by atoms with Crippen LogP contribution in [0.15, 0.2) is 40.1 Å². The van der Waals surface area contributed by atoms with Gasteiger partial charge in [-0.3, -0.25) is 9.36 Å². The summed E-state index contributed by atoms with van der Waals surface area (Å²) in [6.07, 6.45) is 5.33. The van der Waals surface area contributed by atoms with E-state index in [0.29, 0.717) is 16.9 Å². The Morgan fingerprint density at radius 1 is 1.25 bits per heavy atom. The normalized spacial score (nSPS) is 14.5. The van der Waals surface area contributed by atoms with Crippen molar-refractivity contribution >= 4 is 29.0 Å². The number of imidazole rings is 1. The first-order valence-corrected chi connectivity index (χ1v) is 6.33. The summed E-state index contributed by atoms with van der Waals surface area (Å²) in [5, 5.41) is 8.96. The van der Waals surface area contributed by atoms with E-state index in [4.69, 9.17) is 5.11 Å². The molecule has 3 rings (SSSR count). The zero-order chi connectivity index (χ0) is 14.1. The van der Waals surface area contributed by atoms with Crippen LogP contribution in [0.5, 0.6) is 0 Å². The molecular formula is C14H13N3O3. The molecule has 0 atom stereocenters. The molecular weight excluding hydrogens is 258 g/mol. The van der Waals surface area contributed by atoms with Crippen molar-refractivity contribution in [2.45, 2.75) is 19.4 Å². The molecule has 0 aliphatic carbocycles. The van der Waals surface area contributed by atoms with E-state index in [0.717, 1.165) is 12.8 Å². The number of hydrogen-bond acceptors (Lipinski definition) is 3. The number of hydrogen-bond donors (Lipinski definition) is 1. The molecule has 0 radical (unpaired) electrons. The largest absolute Gasteiger partial charge is 0.480 e. The molecule has 1 aliphatic rings. The second kappa shape index (κ2) is 4.80. The molecule has 1 aromatic heterocycles. The van der Waals surface area contributed by atoms with E-state index >= 15 is 0 Å². The van der Waals surface area contributed by atoms with Gasteiger partial charge in [0.1, 0.15) is 12.4 Å². The summed E-state index contributed by atoms with van der Waals surface area (Å²) in [7, 11) is 0. The van der Waals surface area contributed by atoms with E-state index in [1.165, 1.54) is 9.13 Å².